The van der Waals surface area contributed by atoms with Gasteiger partial charge in [-0.25, -0.2) is 4.98 Å². The molecule has 31 heavy (non-hydrogen) atoms. The maximum atomic E-state index is 5.95. The molecule has 0 aliphatic rings. The molecular weight excluding hydrogens is 406 g/mol. The third-order valence-corrected chi connectivity index (χ3v) is 5.76. The minimum atomic E-state index is 0.546. The Morgan fingerprint density at radius 2 is 1.68 bits per heavy atom. The molecular formula is C24H19N5OS. The van der Waals surface area contributed by atoms with Crippen molar-refractivity contribution in [1.82, 2.24) is 24.7 Å². The Morgan fingerprint density at radius 1 is 0.871 bits per heavy atom. The van der Waals surface area contributed by atoms with E-state index in [1.807, 2.05) is 54.6 Å². The number of aromatic nitrogens is 5. The van der Waals surface area contributed by atoms with E-state index in [9.17, 15) is 0 Å². The van der Waals surface area contributed by atoms with Crippen LogP contribution in [0.3, 0.4) is 0 Å². The van der Waals surface area contributed by atoms with Gasteiger partial charge in [-0.05, 0) is 30.7 Å². The van der Waals surface area contributed by atoms with E-state index in [-0.39, 0.29) is 0 Å². The van der Waals surface area contributed by atoms with E-state index in [1.54, 1.807) is 30.4 Å². The Labute approximate surface area is 184 Å². The largest absolute Gasteiger partial charge is 0.440 e. The molecule has 2 aromatic carbocycles. The molecule has 0 radical (unpaired) electrons. The van der Waals surface area contributed by atoms with E-state index in [1.165, 1.54) is 0 Å². The average Bonchev–Trinajstić information content (AvgIpc) is 3.46. The van der Waals surface area contributed by atoms with Crippen molar-refractivity contribution in [1.29, 1.82) is 0 Å². The van der Waals surface area contributed by atoms with Gasteiger partial charge in [0.15, 0.2) is 16.7 Å². The number of benzene rings is 2. The molecule has 3 aromatic heterocycles. The van der Waals surface area contributed by atoms with Gasteiger partial charge >= 0.3 is 0 Å². The van der Waals surface area contributed by atoms with Gasteiger partial charge in [0.2, 0.25) is 5.89 Å². The molecule has 0 atom stereocenters. The van der Waals surface area contributed by atoms with Crippen molar-refractivity contribution in [2.45, 2.75) is 17.8 Å². The predicted octanol–water partition coefficient (Wildman–Crippen LogP) is 5.59. The lowest BCUT2D eigenvalue weighted by atomic mass is 10.2. The SMILES string of the molecule is Cc1ccccc1-n1c(SCc2ncc(-c3ccccc3)o2)nnc1-c1cccnc1. The highest BCUT2D eigenvalue weighted by Gasteiger charge is 2.18. The molecule has 7 heteroatoms. The summed E-state index contributed by atoms with van der Waals surface area (Å²) >= 11 is 1.54. The van der Waals surface area contributed by atoms with Crippen LogP contribution in [0.2, 0.25) is 0 Å². The molecule has 0 fully saturated rings. The number of hydrogen-bond acceptors (Lipinski definition) is 6. The van der Waals surface area contributed by atoms with Gasteiger partial charge < -0.3 is 4.42 Å². The first kappa shape index (κ1) is 19.3. The second kappa shape index (κ2) is 8.57. The van der Waals surface area contributed by atoms with Crippen LogP contribution in [-0.2, 0) is 5.75 Å². The average molecular weight is 426 g/mol. The number of aryl methyl sites for hydroxylation is 1. The zero-order valence-electron chi connectivity index (χ0n) is 16.8. The van der Waals surface area contributed by atoms with Crippen molar-refractivity contribution < 1.29 is 4.42 Å². The monoisotopic (exact) mass is 425 g/mol. The Balaban J connectivity index is 1.47. The number of pyridine rings is 1. The van der Waals surface area contributed by atoms with Crippen molar-refractivity contribution >= 4 is 11.8 Å². The third kappa shape index (κ3) is 4.00. The van der Waals surface area contributed by atoms with Gasteiger partial charge in [0.1, 0.15) is 0 Å². The van der Waals surface area contributed by atoms with Gasteiger partial charge in [-0.3, -0.25) is 9.55 Å². The molecule has 0 saturated carbocycles. The van der Waals surface area contributed by atoms with Crippen LogP contribution in [-0.4, -0.2) is 24.7 Å². The highest BCUT2D eigenvalue weighted by molar-refractivity contribution is 7.98. The first-order valence-corrected chi connectivity index (χ1v) is 10.8. The van der Waals surface area contributed by atoms with E-state index in [2.05, 4.69) is 43.8 Å². The summed E-state index contributed by atoms with van der Waals surface area (Å²) in [4.78, 5) is 8.68. The summed E-state index contributed by atoms with van der Waals surface area (Å²) in [5, 5.41) is 9.71. The number of oxazole rings is 1. The van der Waals surface area contributed by atoms with Gasteiger partial charge in [-0.1, -0.05) is 60.3 Å². The maximum absolute atomic E-state index is 5.95. The normalized spacial score (nSPS) is 11.0. The lowest BCUT2D eigenvalue weighted by molar-refractivity contribution is 0.529. The minimum absolute atomic E-state index is 0.546. The number of thioether (sulfide) groups is 1. The van der Waals surface area contributed by atoms with E-state index in [4.69, 9.17) is 4.42 Å². The summed E-state index contributed by atoms with van der Waals surface area (Å²) in [7, 11) is 0. The molecule has 3 heterocycles. The molecule has 0 aliphatic carbocycles. The van der Waals surface area contributed by atoms with Gasteiger partial charge in [0.25, 0.3) is 0 Å². The van der Waals surface area contributed by atoms with Crippen LogP contribution < -0.4 is 0 Å². The first-order valence-electron chi connectivity index (χ1n) is 9.84. The highest BCUT2D eigenvalue weighted by atomic mass is 32.2. The van der Waals surface area contributed by atoms with E-state index in [0.717, 1.165) is 39.1 Å². The summed E-state index contributed by atoms with van der Waals surface area (Å²) in [6.45, 7) is 2.08. The fourth-order valence-corrected chi connectivity index (χ4v) is 4.11. The molecule has 0 N–H and O–H groups in total. The second-order valence-corrected chi connectivity index (χ2v) is 7.89. The van der Waals surface area contributed by atoms with Crippen LogP contribution in [0.5, 0.6) is 0 Å². The Morgan fingerprint density at radius 3 is 2.48 bits per heavy atom. The Bertz CT molecular complexity index is 1300. The number of nitrogens with zero attached hydrogens (tertiary/aromatic N) is 5. The van der Waals surface area contributed by atoms with Gasteiger partial charge in [0.05, 0.1) is 17.6 Å². The highest BCUT2D eigenvalue weighted by Crippen LogP contribution is 2.31. The Kier molecular flexibility index (Phi) is 5.33. The van der Waals surface area contributed by atoms with Crippen molar-refractivity contribution in [2.75, 3.05) is 0 Å². The molecule has 5 aromatic rings. The molecule has 6 nitrogen and oxygen atoms in total. The molecule has 0 saturated heterocycles. The topological polar surface area (TPSA) is 69.6 Å². The van der Waals surface area contributed by atoms with Crippen LogP contribution in [0.15, 0.2) is 94.9 Å². The van der Waals surface area contributed by atoms with Crippen LogP contribution in [0.1, 0.15) is 11.5 Å². The van der Waals surface area contributed by atoms with Crippen LogP contribution in [0.25, 0.3) is 28.4 Å². The Hall–Kier alpha value is -3.71. The second-order valence-electron chi connectivity index (χ2n) is 6.94. The third-order valence-electron chi connectivity index (χ3n) is 4.85. The maximum Gasteiger partial charge on any atom is 0.205 e. The smallest absolute Gasteiger partial charge is 0.205 e. The zero-order chi connectivity index (χ0) is 21.0. The summed E-state index contributed by atoms with van der Waals surface area (Å²) in [6, 6.07) is 22.0. The van der Waals surface area contributed by atoms with Crippen molar-refractivity contribution in [3.05, 3.63) is 96.8 Å². The van der Waals surface area contributed by atoms with Gasteiger partial charge in [-0.2, -0.15) is 0 Å². The van der Waals surface area contributed by atoms with Crippen LogP contribution in [0.4, 0.5) is 0 Å². The minimum Gasteiger partial charge on any atom is -0.440 e. The molecule has 0 aliphatic heterocycles. The predicted molar refractivity (Wildman–Crippen MR) is 121 cm³/mol. The van der Waals surface area contributed by atoms with Gasteiger partial charge in [-0.15, -0.1) is 10.2 Å². The summed E-state index contributed by atoms with van der Waals surface area (Å²) in [6.07, 6.45) is 5.31. The fraction of sp³-hybridized carbons (Fsp3) is 0.0833. The van der Waals surface area contributed by atoms with Crippen molar-refractivity contribution in [3.63, 3.8) is 0 Å². The van der Waals surface area contributed by atoms with E-state index in [0.29, 0.717) is 11.6 Å². The molecule has 0 spiro atoms. The van der Waals surface area contributed by atoms with E-state index >= 15 is 0 Å². The number of rotatable bonds is 6. The number of hydrogen-bond donors (Lipinski definition) is 0. The van der Waals surface area contributed by atoms with Crippen molar-refractivity contribution in [2.24, 2.45) is 0 Å². The zero-order valence-corrected chi connectivity index (χ0v) is 17.7. The lowest BCUT2D eigenvalue weighted by Gasteiger charge is -2.12. The number of para-hydroxylation sites is 1. The lowest BCUT2D eigenvalue weighted by Crippen LogP contribution is -2.02. The quantitative estimate of drug-likeness (QED) is 0.331. The molecule has 152 valence electrons. The summed E-state index contributed by atoms with van der Waals surface area (Å²) in [5.74, 6) is 2.70. The summed E-state index contributed by atoms with van der Waals surface area (Å²) < 4.78 is 8.02. The fourth-order valence-electron chi connectivity index (χ4n) is 3.32. The molecule has 0 amide bonds. The van der Waals surface area contributed by atoms with E-state index < -0.39 is 0 Å². The first-order chi connectivity index (χ1) is 15.3. The molecule has 0 bridgehead atoms. The molecule has 5 rings (SSSR count). The van der Waals surface area contributed by atoms with Crippen molar-refractivity contribution in [3.8, 4) is 28.4 Å². The standard InChI is InChI=1S/C24H19N5OS/c1-17-8-5-6-12-20(17)29-23(19-11-7-13-25-14-19)27-28-24(29)31-16-22-26-15-21(30-22)18-9-3-2-4-10-18/h2-15H,16H2,1H3. The van der Waals surface area contributed by atoms with Crippen LogP contribution >= 0.6 is 11.8 Å². The van der Waals surface area contributed by atoms with Gasteiger partial charge in [0, 0.05) is 23.5 Å². The molecule has 0 unspecified atom stereocenters. The summed E-state index contributed by atoms with van der Waals surface area (Å²) in [5.41, 5.74) is 4.09. The van der Waals surface area contributed by atoms with Crippen LogP contribution in [0, 0.1) is 6.92 Å².